The second kappa shape index (κ2) is 6.43. The molecule has 1 atom stereocenters. The van der Waals surface area contributed by atoms with Gasteiger partial charge in [-0.15, -0.1) is 0 Å². The van der Waals surface area contributed by atoms with Crippen molar-refractivity contribution in [2.45, 2.75) is 12.5 Å². The largest absolute Gasteiger partial charge is 0.271 e. The smallest absolute Gasteiger partial charge is 0.0515 e. The third-order valence-corrected chi connectivity index (χ3v) is 3.59. The normalized spacial score (nSPS) is 12.4. The van der Waals surface area contributed by atoms with Gasteiger partial charge >= 0.3 is 0 Å². The van der Waals surface area contributed by atoms with E-state index in [-0.39, 0.29) is 6.04 Å². The lowest BCUT2D eigenvalue weighted by molar-refractivity contribution is 0.550. The van der Waals surface area contributed by atoms with Crippen LogP contribution in [-0.4, -0.2) is 4.98 Å². The Labute approximate surface area is 123 Å². The van der Waals surface area contributed by atoms with E-state index < -0.39 is 0 Å². The molecule has 0 aliphatic rings. The van der Waals surface area contributed by atoms with Crippen LogP contribution in [0.25, 0.3) is 0 Å². The Hall–Kier alpha value is -0.750. The zero-order valence-corrected chi connectivity index (χ0v) is 12.8. The SMILES string of the molecule is NNC(Cc1cccc(Br)c1)c1cncc(Br)c1. The fourth-order valence-corrected chi connectivity index (χ4v) is 2.62. The average Bonchev–Trinajstić information content (AvgIpc) is 2.36. The van der Waals surface area contributed by atoms with Crippen LogP contribution < -0.4 is 11.3 Å². The molecule has 0 spiro atoms. The minimum absolute atomic E-state index is 0.0456. The van der Waals surface area contributed by atoms with Gasteiger partial charge in [-0.05, 0) is 51.7 Å². The summed E-state index contributed by atoms with van der Waals surface area (Å²) in [7, 11) is 0. The first-order valence-corrected chi connectivity index (χ1v) is 7.08. The lowest BCUT2D eigenvalue weighted by atomic mass is 10.0. The van der Waals surface area contributed by atoms with E-state index in [0.29, 0.717) is 0 Å². The molecular weight excluding hydrogens is 358 g/mol. The summed E-state index contributed by atoms with van der Waals surface area (Å²) in [6.07, 6.45) is 4.40. The molecule has 0 aliphatic carbocycles. The van der Waals surface area contributed by atoms with Crippen LogP contribution in [0, 0.1) is 0 Å². The lowest BCUT2D eigenvalue weighted by Crippen LogP contribution is -2.29. The molecule has 3 nitrogen and oxygen atoms in total. The molecule has 0 aliphatic heterocycles. The molecule has 2 rings (SSSR count). The molecule has 0 radical (unpaired) electrons. The first-order chi connectivity index (χ1) is 8.69. The zero-order valence-electron chi connectivity index (χ0n) is 9.61. The van der Waals surface area contributed by atoms with Gasteiger partial charge in [0.1, 0.15) is 0 Å². The Bertz CT molecular complexity index is 531. The molecule has 1 aromatic carbocycles. The van der Waals surface area contributed by atoms with E-state index in [9.17, 15) is 0 Å². The van der Waals surface area contributed by atoms with Crippen molar-refractivity contribution >= 4 is 31.9 Å². The molecule has 3 N–H and O–H groups in total. The summed E-state index contributed by atoms with van der Waals surface area (Å²) in [5, 5.41) is 0. The minimum Gasteiger partial charge on any atom is -0.271 e. The first-order valence-electron chi connectivity index (χ1n) is 5.50. The maximum atomic E-state index is 5.64. The molecule has 94 valence electrons. The summed E-state index contributed by atoms with van der Waals surface area (Å²) >= 11 is 6.89. The maximum absolute atomic E-state index is 5.64. The van der Waals surface area contributed by atoms with Crippen LogP contribution in [0.2, 0.25) is 0 Å². The fourth-order valence-electron chi connectivity index (χ4n) is 1.79. The van der Waals surface area contributed by atoms with Crippen molar-refractivity contribution in [1.82, 2.24) is 10.4 Å². The average molecular weight is 371 g/mol. The number of benzene rings is 1. The summed E-state index contributed by atoms with van der Waals surface area (Å²) in [5.41, 5.74) is 5.11. The molecule has 0 fully saturated rings. The van der Waals surface area contributed by atoms with Crippen LogP contribution in [-0.2, 0) is 6.42 Å². The van der Waals surface area contributed by atoms with E-state index in [4.69, 9.17) is 5.84 Å². The highest BCUT2D eigenvalue weighted by Gasteiger charge is 2.11. The van der Waals surface area contributed by atoms with Gasteiger partial charge in [0.05, 0.1) is 6.04 Å². The van der Waals surface area contributed by atoms with Gasteiger partial charge in [0.2, 0.25) is 0 Å². The number of nitrogens with zero attached hydrogens (tertiary/aromatic N) is 1. The van der Waals surface area contributed by atoms with Gasteiger partial charge in [-0.25, -0.2) is 0 Å². The van der Waals surface area contributed by atoms with Crippen molar-refractivity contribution < 1.29 is 0 Å². The number of aromatic nitrogens is 1. The summed E-state index contributed by atoms with van der Waals surface area (Å²) in [4.78, 5) is 4.16. The molecule has 1 unspecified atom stereocenters. The van der Waals surface area contributed by atoms with Gasteiger partial charge in [0.25, 0.3) is 0 Å². The third-order valence-electron chi connectivity index (χ3n) is 2.66. The maximum Gasteiger partial charge on any atom is 0.0515 e. The Morgan fingerprint density at radius 2 is 2.00 bits per heavy atom. The van der Waals surface area contributed by atoms with Gasteiger partial charge in [0, 0.05) is 21.3 Å². The van der Waals surface area contributed by atoms with Crippen LogP contribution >= 0.6 is 31.9 Å². The Morgan fingerprint density at radius 3 is 2.67 bits per heavy atom. The zero-order chi connectivity index (χ0) is 13.0. The summed E-state index contributed by atoms with van der Waals surface area (Å²) in [5.74, 6) is 5.64. The van der Waals surface area contributed by atoms with Crippen molar-refractivity contribution in [2.75, 3.05) is 0 Å². The number of hydrogen-bond acceptors (Lipinski definition) is 3. The van der Waals surface area contributed by atoms with Crippen LogP contribution in [0.4, 0.5) is 0 Å². The molecular formula is C13H13Br2N3. The van der Waals surface area contributed by atoms with E-state index in [1.165, 1.54) is 5.56 Å². The number of hydrazine groups is 1. The number of rotatable bonds is 4. The van der Waals surface area contributed by atoms with Gasteiger partial charge in [-0.1, -0.05) is 28.1 Å². The highest BCUT2D eigenvalue weighted by molar-refractivity contribution is 9.10. The number of hydrogen-bond donors (Lipinski definition) is 2. The van der Waals surface area contributed by atoms with Crippen LogP contribution in [0.3, 0.4) is 0 Å². The van der Waals surface area contributed by atoms with Gasteiger partial charge < -0.3 is 0 Å². The van der Waals surface area contributed by atoms with E-state index in [0.717, 1.165) is 20.9 Å². The van der Waals surface area contributed by atoms with Crippen molar-refractivity contribution in [3.05, 3.63) is 62.8 Å². The van der Waals surface area contributed by atoms with Gasteiger partial charge in [0.15, 0.2) is 0 Å². The second-order valence-corrected chi connectivity index (χ2v) is 5.82. The van der Waals surface area contributed by atoms with Gasteiger partial charge in [-0.3, -0.25) is 16.3 Å². The Morgan fingerprint density at radius 1 is 1.17 bits per heavy atom. The summed E-state index contributed by atoms with van der Waals surface area (Å²) in [6.45, 7) is 0. The van der Waals surface area contributed by atoms with Crippen LogP contribution in [0.15, 0.2) is 51.7 Å². The van der Waals surface area contributed by atoms with Crippen LogP contribution in [0.1, 0.15) is 17.2 Å². The highest BCUT2D eigenvalue weighted by Crippen LogP contribution is 2.21. The van der Waals surface area contributed by atoms with E-state index >= 15 is 0 Å². The fraction of sp³-hybridized carbons (Fsp3) is 0.154. The van der Waals surface area contributed by atoms with E-state index in [1.807, 2.05) is 24.4 Å². The van der Waals surface area contributed by atoms with E-state index in [2.05, 4.69) is 54.4 Å². The molecule has 0 bridgehead atoms. The van der Waals surface area contributed by atoms with E-state index in [1.54, 1.807) is 6.20 Å². The first kappa shape index (κ1) is 13.7. The predicted molar refractivity (Wildman–Crippen MR) is 79.8 cm³/mol. The number of halogens is 2. The third kappa shape index (κ3) is 3.62. The molecule has 1 heterocycles. The quantitative estimate of drug-likeness (QED) is 0.640. The highest BCUT2D eigenvalue weighted by atomic mass is 79.9. The van der Waals surface area contributed by atoms with Crippen molar-refractivity contribution in [2.24, 2.45) is 5.84 Å². The number of nitrogens with two attached hydrogens (primary N) is 1. The van der Waals surface area contributed by atoms with Crippen molar-refractivity contribution in [3.8, 4) is 0 Å². The monoisotopic (exact) mass is 369 g/mol. The molecule has 18 heavy (non-hydrogen) atoms. The molecule has 1 aromatic heterocycles. The van der Waals surface area contributed by atoms with Crippen molar-refractivity contribution in [3.63, 3.8) is 0 Å². The lowest BCUT2D eigenvalue weighted by Gasteiger charge is -2.16. The standard InChI is InChI=1S/C13H13Br2N3/c14-11-3-1-2-9(4-11)5-13(18-16)10-6-12(15)8-17-7-10/h1-4,6-8,13,18H,5,16H2. The summed E-state index contributed by atoms with van der Waals surface area (Å²) in [6, 6.07) is 10.3. The number of nitrogens with one attached hydrogen (secondary N) is 1. The topological polar surface area (TPSA) is 50.9 Å². The minimum atomic E-state index is 0.0456. The number of pyridine rings is 1. The molecule has 0 amide bonds. The van der Waals surface area contributed by atoms with Crippen molar-refractivity contribution in [1.29, 1.82) is 0 Å². The molecule has 2 aromatic rings. The summed E-state index contributed by atoms with van der Waals surface area (Å²) < 4.78 is 2.03. The Kier molecular flexibility index (Phi) is 4.88. The molecule has 5 heteroatoms. The Balaban J connectivity index is 2.19. The second-order valence-electron chi connectivity index (χ2n) is 3.99. The molecule has 0 saturated heterocycles. The predicted octanol–water partition coefficient (Wildman–Crippen LogP) is 3.35. The van der Waals surface area contributed by atoms with Crippen LogP contribution in [0.5, 0.6) is 0 Å². The van der Waals surface area contributed by atoms with Gasteiger partial charge in [-0.2, -0.15) is 0 Å². The molecule has 0 saturated carbocycles.